The highest BCUT2D eigenvalue weighted by Gasteiger charge is 2.21. The summed E-state index contributed by atoms with van der Waals surface area (Å²) in [5.74, 6) is 0.848. The van der Waals surface area contributed by atoms with E-state index in [4.69, 9.17) is 11.6 Å². The van der Waals surface area contributed by atoms with E-state index in [0.29, 0.717) is 5.38 Å². The summed E-state index contributed by atoms with van der Waals surface area (Å²) in [5, 5.41) is 4.07. The van der Waals surface area contributed by atoms with Gasteiger partial charge in [-0.1, -0.05) is 64.7 Å². The minimum atomic E-state index is 0.458. The van der Waals surface area contributed by atoms with Gasteiger partial charge in [0.25, 0.3) is 0 Å². The molecule has 2 unspecified atom stereocenters. The minimum Gasteiger partial charge on any atom is -0.316 e. The van der Waals surface area contributed by atoms with Crippen LogP contribution in [0.4, 0.5) is 0 Å². The lowest BCUT2D eigenvalue weighted by molar-refractivity contribution is 0.476. The smallest absolute Gasteiger partial charge is 0.0339 e. The lowest BCUT2D eigenvalue weighted by atomic mass is 10.1. The molecule has 1 aliphatic carbocycles. The van der Waals surface area contributed by atoms with Crippen molar-refractivity contribution in [3.63, 3.8) is 0 Å². The molecule has 1 nitrogen and oxygen atoms in total. The first-order valence-electron chi connectivity index (χ1n) is 9.17. The van der Waals surface area contributed by atoms with Crippen LogP contribution in [-0.2, 0) is 0 Å². The number of hydrogen-bond donors (Lipinski definition) is 1. The Morgan fingerprint density at radius 2 is 1.45 bits per heavy atom. The Morgan fingerprint density at radius 3 is 2.00 bits per heavy atom. The highest BCUT2D eigenvalue weighted by atomic mass is 35.5. The zero-order valence-electron chi connectivity index (χ0n) is 13.6. The molecule has 0 saturated heterocycles. The molecule has 0 radical (unpaired) electrons. The van der Waals surface area contributed by atoms with E-state index in [1.54, 1.807) is 0 Å². The summed E-state index contributed by atoms with van der Waals surface area (Å²) in [6, 6.07) is 0. The van der Waals surface area contributed by atoms with Crippen LogP contribution in [0, 0.1) is 5.92 Å². The maximum absolute atomic E-state index is 6.13. The van der Waals surface area contributed by atoms with Gasteiger partial charge in [-0.15, -0.1) is 11.6 Å². The molecule has 0 heterocycles. The average Bonchev–Trinajstić information content (AvgIpc) is 2.86. The number of nitrogens with one attached hydrogen (secondary N) is 1. The van der Waals surface area contributed by atoms with Gasteiger partial charge in [0.1, 0.15) is 0 Å². The van der Waals surface area contributed by atoms with Gasteiger partial charge in [-0.05, 0) is 44.7 Å². The van der Waals surface area contributed by atoms with Crippen LogP contribution in [0.5, 0.6) is 0 Å². The fourth-order valence-corrected chi connectivity index (χ4v) is 3.62. The zero-order chi connectivity index (χ0) is 14.5. The molecule has 1 saturated carbocycles. The van der Waals surface area contributed by atoms with Crippen molar-refractivity contribution >= 4 is 11.6 Å². The zero-order valence-corrected chi connectivity index (χ0v) is 14.4. The predicted molar refractivity (Wildman–Crippen MR) is 91.7 cm³/mol. The molecular weight excluding hydrogens is 266 g/mol. The Hall–Kier alpha value is 0.250. The van der Waals surface area contributed by atoms with E-state index < -0.39 is 0 Å². The van der Waals surface area contributed by atoms with Crippen LogP contribution in [-0.4, -0.2) is 18.5 Å². The first-order chi connectivity index (χ1) is 9.83. The van der Waals surface area contributed by atoms with Gasteiger partial charge in [-0.2, -0.15) is 0 Å². The van der Waals surface area contributed by atoms with E-state index in [2.05, 4.69) is 12.2 Å². The summed E-state index contributed by atoms with van der Waals surface area (Å²) in [4.78, 5) is 0. The van der Waals surface area contributed by atoms with Crippen LogP contribution in [0.15, 0.2) is 0 Å². The molecule has 1 N–H and O–H groups in total. The number of unbranched alkanes of at least 4 members (excludes halogenated alkanes) is 9. The summed E-state index contributed by atoms with van der Waals surface area (Å²) in [6.45, 7) is 4.69. The van der Waals surface area contributed by atoms with Crippen molar-refractivity contribution in [1.29, 1.82) is 0 Å². The Kier molecular flexibility index (Phi) is 11.8. The summed E-state index contributed by atoms with van der Waals surface area (Å²) in [5.41, 5.74) is 0. The molecule has 1 aliphatic rings. The fraction of sp³-hybridized carbons (Fsp3) is 1.00. The Morgan fingerprint density at radius 1 is 0.850 bits per heavy atom. The second-order valence-electron chi connectivity index (χ2n) is 6.66. The van der Waals surface area contributed by atoms with Crippen molar-refractivity contribution in [2.45, 2.75) is 95.8 Å². The van der Waals surface area contributed by atoms with E-state index in [0.717, 1.165) is 5.92 Å². The molecule has 0 aromatic rings. The summed E-state index contributed by atoms with van der Waals surface area (Å²) in [7, 11) is 0. The van der Waals surface area contributed by atoms with Gasteiger partial charge in [-0.3, -0.25) is 0 Å². The summed E-state index contributed by atoms with van der Waals surface area (Å²) in [6.07, 6.45) is 18.0. The van der Waals surface area contributed by atoms with Crippen LogP contribution < -0.4 is 5.32 Å². The molecule has 0 aliphatic heterocycles. The normalized spacial score (nSPS) is 22.5. The number of rotatable bonds is 13. The first kappa shape index (κ1) is 18.3. The molecule has 1 rings (SSSR count). The predicted octanol–water partition coefficient (Wildman–Crippen LogP) is 5.90. The first-order valence-corrected chi connectivity index (χ1v) is 9.61. The van der Waals surface area contributed by atoms with Crippen LogP contribution in [0.25, 0.3) is 0 Å². The van der Waals surface area contributed by atoms with Gasteiger partial charge in [0.05, 0.1) is 0 Å². The van der Waals surface area contributed by atoms with Crippen LogP contribution in [0.3, 0.4) is 0 Å². The van der Waals surface area contributed by atoms with Gasteiger partial charge in [-0.25, -0.2) is 0 Å². The molecule has 20 heavy (non-hydrogen) atoms. The van der Waals surface area contributed by atoms with Crippen LogP contribution in [0.1, 0.15) is 90.4 Å². The molecule has 0 spiro atoms. The molecule has 120 valence electrons. The van der Waals surface area contributed by atoms with Gasteiger partial charge < -0.3 is 5.32 Å². The molecule has 2 atom stereocenters. The second kappa shape index (κ2) is 13.0. The topological polar surface area (TPSA) is 12.0 Å². The van der Waals surface area contributed by atoms with E-state index in [1.165, 1.54) is 96.6 Å². The average molecular weight is 302 g/mol. The van der Waals surface area contributed by atoms with Gasteiger partial charge >= 0.3 is 0 Å². The monoisotopic (exact) mass is 301 g/mol. The maximum atomic E-state index is 6.13. The maximum Gasteiger partial charge on any atom is 0.0339 e. The standard InChI is InChI=1S/C18H36ClN/c1-2-3-4-5-6-7-8-9-10-11-14-20-16-17-12-13-18(19)15-17/h17-18,20H,2-16H2,1H3. The number of halogens is 1. The summed E-state index contributed by atoms with van der Waals surface area (Å²) < 4.78 is 0. The van der Waals surface area contributed by atoms with Gasteiger partial charge in [0.15, 0.2) is 0 Å². The fourth-order valence-electron chi connectivity index (χ4n) is 3.24. The van der Waals surface area contributed by atoms with Crippen molar-refractivity contribution < 1.29 is 0 Å². The quantitative estimate of drug-likeness (QED) is 0.330. The third-order valence-corrected chi connectivity index (χ3v) is 5.01. The summed E-state index contributed by atoms with van der Waals surface area (Å²) >= 11 is 6.13. The van der Waals surface area contributed by atoms with E-state index in [-0.39, 0.29) is 0 Å². The van der Waals surface area contributed by atoms with Gasteiger partial charge in [0.2, 0.25) is 0 Å². The molecule has 2 heteroatoms. The third-order valence-electron chi connectivity index (χ3n) is 4.62. The number of alkyl halides is 1. The molecule has 0 amide bonds. The molecule has 1 fully saturated rings. The lowest BCUT2D eigenvalue weighted by Crippen LogP contribution is -2.22. The van der Waals surface area contributed by atoms with Crippen molar-refractivity contribution in [2.75, 3.05) is 13.1 Å². The molecule has 0 aromatic carbocycles. The van der Waals surface area contributed by atoms with Gasteiger partial charge in [0, 0.05) is 5.38 Å². The van der Waals surface area contributed by atoms with Crippen LogP contribution in [0.2, 0.25) is 0 Å². The number of hydrogen-bond acceptors (Lipinski definition) is 1. The van der Waals surface area contributed by atoms with Crippen molar-refractivity contribution in [1.82, 2.24) is 5.32 Å². The van der Waals surface area contributed by atoms with Crippen molar-refractivity contribution in [3.05, 3.63) is 0 Å². The van der Waals surface area contributed by atoms with Crippen molar-refractivity contribution in [2.24, 2.45) is 5.92 Å². The van der Waals surface area contributed by atoms with E-state index in [9.17, 15) is 0 Å². The lowest BCUT2D eigenvalue weighted by Gasteiger charge is -2.10. The molecular formula is C18H36ClN. The Labute approximate surface area is 132 Å². The Balaban J connectivity index is 1.70. The van der Waals surface area contributed by atoms with E-state index >= 15 is 0 Å². The van der Waals surface area contributed by atoms with E-state index in [1.807, 2.05) is 0 Å². The SMILES string of the molecule is CCCCCCCCCCCCNCC1CCC(Cl)C1. The minimum absolute atomic E-state index is 0.458. The molecule has 0 aromatic heterocycles. The van der Waals surface area contributed by atoms with Crippen LogP contribution >= 0.6 is 11.6 Å². The second-order valence-corrected chi connectivity index (χ2v) is 7.28. The Bertz CT molecular complexity index is 208. The highest BCUT2D eigenvalue weighted by molar-refractivity contribution is 6.20. The van der Waals surface area contributed by atoms with Crippen molar-refractivity contribution in [3.8, 4) is 0 Å². The molecule has 0 bridgehead atoms. The largest absolute Gasteiger partial charge is 0.316 e. The highest BCUT2D eigenvalue weighted by Crippen LogP contribution is 2.28. The third kappa shape index (κ3) is 10.0.